The summed E-state index contributed by atoms with van der Waals surface area (Å²) >= 11 is 3.01. The van der Waals surface area contributed by atoms with Crippen molar-refractivity contribution < 1.29 is 13.5 Å². The molecule has 0 atom stereocenters. The largest absolute Gasteiger partial charge is 0.395 e. The summed E-state index contributed by atoms with van der Waals surface area (Å²) in [6.07, 6.45) is 3.43. The van der Waals surface area contributed by atoms with Crippen LogP contribution in [0.4, 0.5) is 5.69 Å². The third-order valence-corrected chi connectivity index (χ3v) is 10.9. The predicted octanol–water partition coefficient (Wildman–Crippen LogP) is 3.89. The molecule has 1 saturated heterocycles. The van der Waals surface area contributed by atoms with Crippen LogP contribution in [0.2, 0.25) is 0 Å². The molecular formula is C23H26N4O3S3. The molecule has 0 saturated carbocycles. The number of fused-ring (bicyclic) bond motifs is 1. The van der Waals surface area contributed by atoms with Crippen LogP contribution in [-0.4, -0.2) is 66.0 Å². The lowest BCUT2D eigenvalue weighted by molar-refractivity contribution is 0.159. The van der Waals surface area contributed by atoms with Gasteiger partial charge < -0.3 is 15.0 Å². The van der Waals surface area contributed by atoms with Crippen LogP contribution in [0.15, 0.2) is 63.8 Å². The Morgan fingerprint density at radius 1 is 1.27 bits per heavy atom. The number of hydrogen-bond donors (Lipinski definition) is 2. The van der Waals surface area contributed by atoms with Gasteiger partial charge in [0.05, 0.1) is 30.0 Å². The van der Waals surface area contributed by atoms with Crippen molar-refractivity contribution in [3.63, 3.8) is 0 Å². The van der Waals surface area contributed by atoms with E-state index in [1.807, 2.05) is 30.0 Å². The number of aromatic nitrogens is 1. The molecule has 2 aliphatic rings. The van der Waals surface area contributed by atoms with Gasteiger partial charge in [-0.1, -0.05) is 36.5 Å². The van der Waals surface area contributed by atoms with Crippen LogP contribution in [0.1, 0.15) is 18.5 Å². The number of piperidine rings is 1. The first-order valence-corrected chi connectivity index (χ1v) is 14.0. The molecule has 0 radical (unpaired) electrons. The summed E-state index contributed by atoms with van der Waals surface area (Å²) in [7, 11) is -3.74. The number of aromatic amines is 1. The van der Waals surface area contributed by atoms with Crippen LogP contribution in [0, 0.1) is 0 Å². The van der Waals surface area contributed by atoms with Crippen LogP contribution in [0.3, 0.4) is 0 Å². The van der Waals surface area contributed by atoms with Gasteiger partial charge in [0.1, 0.15) is 9.25 Å². The molecule has 3 aromatic rings. The molecule has 1 spiro atoms. The molecule has 0 bridgehead atoms. The lowest BCUT2D eigenvalue weighted by atomic mass is 9.96. The number of aliphatic hydroxyl groups excluding tert-OH is 1. The number of β-amino-alcohol motifs (C(OH)–C–C–N with tert-alkyl or cyclic N) is 1. The molecule has 0 unspecified atom stereocenters. The van der Waals surface area contributed by atoms with Crippen molar-refractivity contribution in [3.8, 4) is 0 Å². The summed E-state index contributed by atoms with van der Waals surface area (Å²) in [5.41, 5.74) is 2.20. The summed E-state index contributed by atoms with van der Waals surface area (Å²) in [5, 5.41) is 12.8. The van der Waals surface area contributed by atoms with Crippen molar-refractivity contribution in [1.29, 1.82) is 0 Å². The molecule has 2 aliphatic heterocycles. The van der Waals surface area contributed by atoms with E-state index in [9.17, 15) is 13.5 Å². The van der Waals surface area contributed by atoms with Crippen molar-refractivity contribution in [2.24, 2.45) is 4.99 Å². The minimum absolute atomic E-state index is 0.108. The van der Waals surface area contributed by atoms with Crippen molar-refractivity contribution in [3.05, 3.63) is 60.3 Å². The minimum atomic E-state index is -3.74. The SMILES string of the molecule is C=CN(c1cccc2cc(C3=NCC4(CCN(CCO)CC4)S3)[nH]c12)S(=O)(=O)c1cccs1. The van der Waals surface area contributed by atoms with E-state index in [0.717, 1.165) is 60.7 Å². The third kappa shape index (κ3) is 4.15. The number of H-pyrrole nitrogens is 1. The zero-order valence-electron chi connectivity index (χ0n) is 18.1. The summed E-state index contributed by atoms with van der Waals surface area (Å²) < 4.78 is 28.0. The zero-order valence-corrected chi connectivity index (χ0v) is 20.6. The third-order valence-electron chi connectivity index (χ3n) is 6.28. The Bertz CT molecular complexity index is 1290. The Hall–Kier alpha value is -2.11. The number of likely N-dealkylation sites (tertiary alicyclic amines) is 1. The second-order valence-electron chi connectivity index (χ2n) is 8.31. The molecule has 0 amide bonds. The Labute approximate surface area is 201 Å². The lowest BCUT2D eigenvalue weighted by Crippen LogP contribution is -2.44. The number of para-hydroxylation sites is 1. The van der Waals surface area contributed by atoms with Crippen LogP contribution in [0.25, 0.3) is 10.9 Å². The van der Waals surface area contributed by atoms with E-state index in [4.69, 9.17) is 4.99 Å². The van der Waals surface area contributed by atoms with Gasteiger partial charge in [-0.15, -0.1) is 11.3 Å². The fourth-order valence-electron chi connectivity index (χ4n) is 4.48. The zero-order chi connectivity index (χ0) is 23.1. The molecule has 7 nitrogen and oxygen atoms in total. The Morgan fingerprint density at radius 3 is 2.79 bits per heavy atom. The number of sulfonamides is 1. The molecule has 5 rings (SSSR count). The monoisotopic (exact) mass is 502 g/mol. The summed E-state index contributed by atoms with van der Waals surface area (Å²) in [6, 6.07) is 11.0. The number of nitrogens with zero attached hydrogens (tertiary/aromatic N) is 3. The van der Waals surface area contributed by atoms with Crippen LogP contribution in [0.5, 0.6) is 0 Å². The van der Waals surface area contributed by atoms with Gasteiger partial charge in [-0.2, -0.15) is 8.42 Å². The molecule has 33 heavy (non-hydrogen) atoms. The molecule has 1 aromatic carbocycles. The minimum Gasteiger partial charge on any atom is -0.395 e. The van der Waals surface area contributed by atoms with Gasteiger partial charge in [-0.3, -0.25) is 4.99 Å². The van der Waals surface area contributed by atoms with E-state index in [1.54, 1.807) is 23.6 Å². The first-order valence-electron chi connectivity index (χ1n) is 10.9. The lowest BCUT2D eigenvalue weighted by Gasteiger charge is -2.37. The van der Waals surface area contributed by atoms with Crippen LogP contribution in [-0.2, 0) is 10.0 Å². The highest BCUT2D eigenvalue weighted by molar-refractivity contribution is 8.15. The number of thioether (sulfide) groups is 1. The summed E-state index contributed by atoms with van der Waals surface area (Å²) in [4.78, 5) is 10.6. The highest BCUT2D eigenvalue weighted by atomic mass is 32.2. The maximum Gasteiger partial charge on any atom is 0.277 e. The van der Waals surface area contributed by atoms with E-state index < -0.39 is 10.0 Å². The standard InChI is InChI=1S/C23H26N4O3S3/c1-2-27(33(29,30)20-7-4-14-31-20)19-6-3-5-17-15-18(25-21(17)19)22-24-16-23(32-22)8-10-26(11-9-23)12-13-28/h2-7,14-15,25,28H,1,8-13,16H2. The maximum absolute atomic E-state index is 13.2. The van der Waals surface area contributed by atoms with E-state index in [1.165, 1.54) is 21.8 Å². The Balaban J connectivity index is 1.43. The van der Waals surface area contributed by atoms with Gasteiger partial charge >= 0.3 is 0 Å². The van der Waals surface area contributed by atoms with E-state index in [2.05, 4.69) is 16.5 Å². The van der Waals surface area contributed by atoms with E-state index >= 15 is 0 Å². The molecule has 1 fully saturated rings. The highest BCUT2D eigenvalue weighted by Crippen LogP contribution is 2.43. The van der Waals surface area contributed by atoms with Gasteiger partial charge in [0, 0.05) is 22.9 Å². The molecule has 0 aliphatic carbocycles. The normalized spacial score (nSPS) is 18.6. The number of anilines is 1. The molecule has 174 valence electrons. The number of hydrogen-bond acceptors (Lipinski definition) is 7. The topological polar surface area (TPSA) is 89.0 Å². The first-order chi connectivity index (χ1) is 16.0. The van der Waals surface area contributed by atoms with Gasteiger partial charge in [-0.05, 0) is 49.5 Å². The Morgan fingerprint density at radius 2 is 2.09 bits per heavy atom. The van der Waals surface area contributed by atoms with Crippen molar-refractivity contribution in [1.82, 2.24) is 9.88 Å². The molecular weight excluding hydrogens is 476 g/mol. The molecule has 2 aromatic heterocycles. The van der Waals surface area contributed by atoms with Crippen LogP contribution < -0.4 is 4.31 Å². The Kier molecular flexibility index (Phi) is 6.13. The predicted molar refractivity (Wildman–Crippen MR) is 137 cm³/mol. The first kappa shape index (κ1) is 22.7. The number of nitrogens with one attached hydrogen (secondary N) is 1. The second-order valence-corrected chi connectivity index (χ2v) is 12.8. The summed E-state index contributed by atoms with van der Waals surface area (Å²) in [5.74, 6) is 0. The molecule has 4 heterocycles. The van der Waals surface area contributed by atoms with Gasteiger partial charge in [0.15, 0.2) is 0 Å². The van der Waals surface area contributed by atoms with Crippen molar-refractivity contribution in [2.45, 2.75) is 21.8 Å². The fourth-order valence-corrected chi connectivity index (χ4v) is 8.15. The number of thiophene rings is 1. The average Bonchev–Trinajstić information content (AvgIpc) is 3.56. The quantitative estimate of drug-likeness (QED) is 0.512. The fraction of sp³-hybridized carbons (Fsp3) is 0.348. The maximum atomic E-state index is 13.2. The van der Waals surface area contributed by atoms with Gasteiger partial charge in [0.2, 0.25) is 0 Å². The number of aliphatic hydroxyl groups is 1. The smallest absolute Gasteiger partial charge is 0.277 e. The molecule has 2 N–H and O–H groups in total. The van der Waals surface area contributed by atoms with Crippen LogP contribution >= 0.6 is 23.1 Å². The second kappa shape index (κ2) is 8.92. The molecule has 10 heteroatoms. The van der Waals surface area contributed by atoms with Gasteiger partial charge in [-0.25, -0.2) is 4.31 Å². The number of benzene rings is 1. The van der Waals surface area contributed by atoms with Crippen molar-refractivity contribution in [2.75, 3.05) is 37.1 Å². The number of aliphatic imine (C=N–C) groups is 1. The highest BCUT2D eigenvalue weighted by Gasteiger charge is 2.40. The van der Waals surface area contributed by atoms with Crippen molar-refractivity contribution >= 4 is 54.8 Å². The van der Waals surface area contributed by atoms with Gasteiger partial charge in [0.25, 0.3) is 10.0 Å². The average molecular weight is 503 g/mol. The summed E-state index contributed by atoms with van der Waals surface area (Å²) in [6.45, 7) is 7.43. The van der Waals surface area contributed by atoms with E-state index in [-0.39, 0.29) is 15.6 Å². The number of rotatable bonds is 7. The van der Waals surface area contributed by atoms with E-state index in [0.29, 0.717) is 5.69 Å².